The number of nitrogens with two attached hydrogens (primary N) is 1. The Balaban J connectivity index is 0.00000104. The molecule has 1 heterocycles. The van der Waals surface area contributed by atoms with Crippen LogP contribution in [0.5, 0.6) is 0 Å². The van der Waals surface area contributed by atoms with Gasteiger partial charge in [-0.25, -0.2) is 4.98 Å². The lowest BCUT2D eigenvalue weighted by Crippen LogP contribution is -2.49. The molecule has 7 heteroatoms. The maximum atomic E-state index is 12.5. The lowest BCUT2D eigenvalue weighted by atomic mass is 9.65. The molecule has 3 fully saturated rings. The lowest BCUT2D eigenvalue weighted by Gasteiger charge is -2.43. The highest BCUT2D eigenvalue weighted by molar-refractivity contribution is 7.09. The van der Waals surface area contributed by atoms with Gasteiger partial charge in [-0.1, -0.05) is 6.42 Å². The number of halogens is 2. The molecule has 0 radical (unpaired) electrons. The van der Waals surface area contributed by atoms with Crippen molar-refractivity contribution in [1.29, 1.82) is 0 Å². The van der Waals surface area contributed by atoms with Crippen molar-refractivity contribution < 1.29 is 4.79 Å². The van der Waals surface area contributed by atoms with Gasteiger partial charge in [-0.15, -0.1) is 36.2 Å². The van der Waals surface area contributed by atoms with Gasteiger partial charge < -0.3 is 11.1 Å². The van der Waals surface area contributed by atoms with E-state index in [4.69, 9.17) is 5.73 Å². The van der Waals surface area contributed by atoms with Crippen LogP contribution >= 0.6 is 36.2 Å². The average Bonchev–Trinajstić information content (AvgIpc) is 3.23. The third-order valence-electron chi connectivity index (χ3n) is 5.76. The van der Waals surface area contributed by atoms with Crippen LogP contribution in [-0.2, 0) is 11.3 Å². The summed E-state index contributed by atoms with van der Waals surface area (Å²) in [7, 11) is 0. The van der Waals surface area contributed by atoms with E-state index in [0.29, 0.717) is 30.3 Å². The molecule has 2 bridgehead atoms. The van der Waals surface area contributed by atoms with Gasteiger partial charge in [-0.3, -0.25) is 4.79 Å². The van der Waals surface area contributed by atoms with Crippen LogP contribution in [0.4, 0.5) is 0 Å². The second-order valence-corrected chi connectivity index (χ2v) is 8.30. The van der Waals surface area contributed by atoms with Crippen LogP contribution in [0.1, 0.15) is 61.6 Å². The van der Waals surface area contributed by atoms with E-state index in [9.17, 15) is 4.79 Å². The molecule has 4 nitrogen and oxygen atoms in total. The summed E-state index contributed by atoms with van der Waals surface area (Å²) in [5.74, 6) is 2.19. The van der Waals surface area contributed by atoms with Crippen LogP contribution in [0.25, 0.3) is 0 Å². The predicted octanol–water partition coefficient (Wildman–Crippen LogP) is 3.63. The molecule has 0 saturated heterocycles. The van der Waals surface area contributed by atoms with Crippen LogP contribution in [-0.4, -0.2) is 16.9 Å². The number of hydrogen-bond donors (Lipinski definition) is 2. The smallest absolute Gasteiger partial charge is 0.223 e. The highest BCUT2D eigenvalue weighted by atomic mass is 35.5. The first-order valence-corrected chi connectivity index (χ1v) is 9.56. The number of aromatic nitrogens is 1. The first-order valence-electron chi connectivity index (χ1n) is 8.68. The Kier molecular flexibility index (Phi) is 6.94. The molecule has 0 aromatic carbocycles. The Bertz CT molecular complexity index is 550. The first-order chi connectivity index (χ1) is 10.7. The summed E-state index contributed by atoms with van der Waals surface area (Å²) in [5, 5.41) is 6.31. The van der Waals surface area contributed by atoms with Gasteiger partial charge in [-0.05, 0) is 50.4 Å². The SMILES string of the molecule is Cl.Cl.NC1C2CCCC1CC(C(=O)NCc1nc(C3CC3)cs1)C2. The first kappa shape index (κ1) is 20.0. The van der Waals surface area contributed by atoms with E-state index in [1.54, 1.807) is 11.3 Å². The highest BCUT2D eigenvalue weighted by Gasteiger charge is 2.40. The number of carbonyl (C=O) groups is 1. The molecule has 1 aromatic heterocycles. The van der Waals surface area contributed by atoms with Gasteiger partial charge in [0.25, 0.3) is 0 Å². The Morgan fingerprint density at radius 3 is 2.50 bits per heavy atom. The summed E-state index contributed by atoms with van der Waals surface area (Å²) in [5.41, 5.74) is 7.54. The van der Waals surface area contributed by atoms with Gasteiger partial charge in [0.1, 0.15) is 5.01 Å². The van der Waals surface area contributed by atoms with Crippen molar-refractivity contribution in [1.82, 2.24) is 10.3 Å². The number of fused-ring (bicyclic) bond motifs is 2. The van der Waals surface area contributed by atoms with Gasteiger partial charge in [-0.2, -0.15) is 0 Å². The van der Waals surface area contributed by atoms with Crippen molar-refractivity contribution in [3.05, 3.63) is 16.1 Å². The number of thiazole rings is 1. The Morgan fingerprint density at radius 2 is 1.88 bits per heavy atom. The minimum atomic E-state index is 0. The summed E-state index contributed by atoms with van der Waals surface area (Å²) < 4.78 is 0. The van der Waals surface area contributed by atoms with Crippen LogP contribution < -0.4 is 11.1 Å². The molecular weight excluding hydrogens is 365 g/mol. The Morgan fingerprint density at radius 1 is 1.21 bits per heavy atom. The van der Waals surface area contributed by atoms with Crippen molar-refractivity contribution in [3.8, 4) is 0 Å². The number of nitrogens with one attached hydrogen (secondary N) is 1. The quantitative estimate of drug-likeness (QED) is 0.822. The maximum Gasteiger partial charge on any atom is 0.223 e. The Labute approximate surface area is 160 Å². The van der Waals surface area contributed by atoms with Crippen LogP contribution in [0.2, 0.25) is 0 Å². The van der Waals surface area contributed by atoms with Crippen LogP contribution in [0.15, 0.2) is 5.38 Å². The summed E-state index contributed by atoms with van der Waals surface area (Å²) in [6.07, 6.45) is 8.22. The molecule has 3 N–H and O–H groups in total. The normalized spacial score (nSPS) is 31.5. The molecule has 1 amide bonds. The number of nitrogens with zero attached hydrogens (tertiary/aromatic N) is 1. The van der Waals surface area contributed by atoms with Crippen molar-refractivity contribution in [3.63, 3.8) is 0 Å². The van der Waals surface area contributed by atoms with E-state index in [-0.39, 0.29) is 36.6 Å². The van der Waals surface area contributed by atoms with E-state index in [1.165, 1.54) is 37.8 Å². The molecule has 4 rings (SSSR count). The molecule has 24 heavy (non-hydrogen) atoms. The van der Waals surface area contributed by atoms with E-state index in [0.717, 1.165) is 17.8 Å². The molecule has 136 valence electrons. The minimum absolute atomic E-state index is 0. The van der Waals surface area contributed by atoms with Gasteiger partial charge in [0.15, 0.2) is 0 Å². The molecule has 3 aliphatic rings. The van der Waals surface area contributed by atoms with Crippen molar-refractivity contribution in [2.75, 3.05) is 0 Å². The van der Waals surface area contributed by atoms with Gasteiger partial charge in [0, 0.05) is 23.3 Å². The lowest BCUT2D eigenvalue weighted by molar-refractivity contribution is -0.128. The molecule has 1 aromatic rings. The molecule has 2 atom stereocenters. The zero-order chi connectivity index (χ0) is 15.1. The van der Waals surface area contributed by atoms with Crippen molar-refractivity contribution >= 4 is 42.1 Å². The molecule has 2 unspecified atom stereocenters. The summed E-state index contributed by atoms with van der Waals surface area (Å²) >= 11 is 1.68. The van der Waals surface area contributed by atoms with E-state index in [2.05, 4.69) is 15.7 Å². The topological polar surface area (TPSA) is 68.0 Å². The van der Waals surface area contributed by atoms with E-state index >= 15 is 0 Å². The van der Waals surface area contributed by atoms with Gasteiger partial charge in [0.2, 0.25) is 5.91 Å². The zero-order valence-electron chi connectivity index (χ0n) is 13.8. The number of carbonyl (C=O) groups excluding carboxylic acids is 1. The van der Waals surface area contributed by atoms with Gasteiger partial charge in [0.05, 0.1) is 12.2 Å². The molecule has 0 spiro atoms. The fourth-order valence-electron chi connectivity index (χ4n) is 4.28. The van der Waals surface area contributed by atoms with E-state index in [1.807, 2.05) is 0 Å². The molecule has 0 aliphatic heterocycles. The summed E-state index contributed by atoms with van der Waals surface area (Å²) in [6.45, 7) is 0.591. The molecule has 3 saturated carbocycles. The third-order valence-corrected chi connectivity index (χ3v) is 6.63. The molecular formula is C17H27Cl2N3OS. The number of hydrogen-bond acceptors (Lipinski definition) is 4. The highest BCUT2D eigenvalue weighted by Crippen LogP contribution is 2.42. The van der Waals surface area contributed by atoms with E-state index < -0.39 is 0 Å². The molecule has 3 aliphatic carbocycles. The minimum Gasteiger partial charge on any atom is -0.349 e. The summed E-state index contributed by atoms with van der Waals surface area (Å²) in [4.78, 5) is 17.1. The standard InChI is InChI=1S/C17H25N3OS.2ClH/c18-16-11-2-1-3-12(16)7-13(6-11)17(21)19-8-15-20-14(9-22-15)10-4-5-10;;/h9-13,16H,1-8,18H2,(H,19,21);2*1H. The van der Waals surface area contributed by atoms with Crippen LogP contribution in [0.3, 0.4) is 0 Å². The largest absolute Gasteiger partial charge is 0.349 e. The predicted molar refractivity (Wildman–Crippen MR) is 102 cm³/mol. The van der Waals surface area contributed by atoms with Crippen molar-refractivity contribution in [2.45, 2.75) is 63.5 Å². The van der Waals surface area contributed by atoms with Gasteiger partial charge >= 0.3 is 0 Å². The number of rotatable bonds is 4. The average molecular weight is 392 g/mol. The second kappa shape index (κ2) is 8.35. The zero-order valence-corrected chi connectivity index (χ0v) is 16.2. The Hall–Kier alpha value is -0.360. The fraction of sp³-hybridized carbons (Fsp3) is 0.765. The second-order valence-electron chi connectivity index (χ2n) is 7.35. The maximum absolute atomic E-state index is 12.5. The monoisotopic (exact) mass is 391 g/mol. The van der Waals surface area contributed by atoms with Crippen molar-refractivity contribution in [2.24, 2.45) is 23.5 Å². The third kappa shape index (κ3) is 4.24. The summed E-state index contributed by atoms with van der Waals surface area (Å²) in [6, 6.07) is 0.331. The number of amides is 1. The fourth-order valence-corrected chi connectivity index (χ4v) is 5.10. The van der Waals surface area contributed by atoms with Crippen LogP contribution in [0, 0.1) is 17.8 Å².